The Kier molecular flexibility index (Phi) is 3.66. The fourth-order valence-electron chi connectivity index (χ4n) is 1.32. The second kappa shape index (κ2) is 5.22. The number of halogens is 2. The number of hydrogen-bond acceptors (Lipinski definition) is 4. The summed E-state index contributed by atoms with van der Waals surface area (Å²) in [6, 6.07) is 7.55. The second-order valence-electron chi connectivity index (χ2n) is 3.43. The zero-order chi connectivity index (χ0) is 13.1. The molecular weight excluding hydrogens is 303 g/mol. The van der Waals surface area contributed by atoms with Gasteiger partial charge >= 0.3 is 0 Å². The Hall–Kier alpha value is -1.82. The molecule has 6 heteroatoms. The fourth-order valence-corrected chi connectivity index (χ4v) is 1.67. The van der Waals surface area contributed by atoms with Gasteiger partial charge in [-0.1, -0.05) is 0 Å². The van der Waals surface area contributed by atoms with Crippen LogP contribution in [0.4, 0.5) is 10.1 Å². The molecule has 18 heavy (non-hydrogen) atoms. The third-order valence-electron chi connectivity index (χ3n) is 2.17. The molecule has 94 valence electrons. The standard InChI is InChI=1S/C12H10BrFN2O2/c1-17-12-10(15)4-5-11(16-12)18-7-2-3-9(14)8(13)6-7/h2-6H,15H2,1H3. The summed E-state index contributed by atoms with van der Waals surface area (Å²) in [5, 5.41) is 0. The zero-order valence-electron chi connectivity index (χ0n) is 9.48. The van der Waals surface area contributed by atoms with Gasteiger partial charge in [-0.15, -0.1) is 0 Å². The van der Waals surface area contributed by atoms with Gasteiger partial charge in [0.25, 0.3) is 0 Å². The van der Waals surface area contributed by atoms with Crippen molar-refractivity contribution in [1.82, 2.24) is 4.98 Å². The first kappa shape index (κ1) is 12.6. The first-order valence-electron chi connectivity index (χ1n) is 5.03. The average molecular weight is 313 g/mol. The van der Waals surface area contributed by atoms with E-state index in [0.29, 0.717) is 21.8 Å². The number of rotatable bonds is 3. The minimum Gasteiger partial charge on any atom is -0.479 e. The van der Waals surface area contributed by atoms with Crippen molar-refractivity contribution in [3.63, 3.8) is 0 Å². The molecule has 2 N–H and O–H groups in total. The monoisotopic (exact) mass is 312 g/mol. The van der Waals surface area contributed by atoms with E-state index in [9.17, 15) is 4.39 Å². The molecule has 4 nitrogen and oxygen atoms in total. The van der Waals surface area contributed by atoms with Crippen LogP contribution < -0.4 is 15.2 Å². The van der Waals surface area contributed by atoms with Gasteiger partial charge < -0.3 is 15.2 Å². The minimum absolute atomic E-state index is 0.286. The number of methoxy groups -OCH3 is 1. The molecule has 1 heterocycles. The van der Waals surface area contributed by atoms with E-state index in [0.717, 1.165) is 0 Å². The highest BCUT2D eigenvalue weighted by atomic mass is 79.9. The Balaban J connectivity index is 2.25. The molecule has 0 aliphatic heterocycles. The van der Waals surface area contributed by atoms with Gasteiger partial charge in [-0.3, -0.25) is 0 Å². The number of ether oxygens (including phenoxy) is 2. The molecule has 0 unspecified atom stereocenters. The smallest absolute Gasteiger partial charge is 0.240 e. The van der Waals surface area contributed by atoms with Crippen molar-refractivity contribution in [2.75, 3.05) is 12.8 Å². The Morgan fingerprint density at radius 3 is 2.72 bits per heavy atom. The lowest BCUT2D eigenvalue weighted by molar-refractivity contribution is 0.385. The second-order valence-corrected chi connectivity index (χ2v) is 4.28. The van der Waals surface area contributed by atoms with Gasteiger partial charge in [0.05, 0.1) is 17.3 Å². The molecule has 0 atom stereocenters. The van der Waals surface area contributed by atoms with Crippen molar-refractivity contribution in [1.29, 1.82) is 0 Å². The van der Waals surface area contributed by atoms with Crippen molar-refractivity contribution >= 4 is 21.6 Å². The van der Waals surface area contributed by atoms with Crippen LogP contribution in [-0.4, -0.2) is 12.1 Å². The number of aromatic nitrogens is 1. The normalized spacial score (nSPS) is 10.2. The van der Waals surface area contributed by atoms with Crippen LogP contribution in [0, 0.1) is 5.82 Å². The molecule has 1 aromatic carbocycles. The third-order valence-corrected chi connectivity index (χ3v) is 2.78. The van der Waals surface area contributed by atoms with Crippen molar-refractivity contribution < 1.29 is 13.9 Å². The van der Waals surface area contributed by atoms with Crippen molar-refractivity contribution in [3.05, 3.63) is 40.6 Å². The lowest BCUT2D eigenvalue weighted by Crippen LogP contribution is -1.97. The number of hydrogen-bond donors (Lipinski definition) is 1. The van der Waals surface area contributed by atoms with E-state index in [4.69, 9.17) is 15.2 Å². The van der Waals surface area contributed by atoms with Crippen molar-refractivity contribution in [2.24, 2.45) is 0 Å². The molecule has 0 bridgehead atoms. The van der Waals surface area contributed by atoms with E-state index in [1.54, 1.807) is 12.1 Å². The Bertz CT molecular complexity index is 578. The van der Waals surface area contributed by atoms with Crippen molar-refractivity contribution in [2.45, 2.75) is 0 Å². The van der Waals surface area contributed by atoms with Gasteiger partial charge in [-0.05, 0) is 40.2 Å². The van der Waals surface area contributed by atoms with Crippen LogP contribution in [0.1, 0.15) is 0 Å². The van der Waals surface area contributed by atoms with Gasteiger partial charge in [0, 0.05) is 6.07 Å². The maximum Gasteiger partial charge on any atom is 0.240 e. The highest BCUT2D eigenvalue weighted by Crippen LogP contribution is 2.28. The Morgan fingerprint density at radius 1 is 1.28 bits per heavy atom. The summed E-state index contributed by atoms with van der Waals surface area (Å²) >= 11 is 3.08. The number of nitrogens with zero attached hydrogens (tertiary/aromatic N) is 1. The van der Waals surface area contributed by atoms with Crippen LogP contribution in [0.2, 0.25) is 0 Å². The molecule has 0 saturated carbocycles. The maximum atomic E-state index is 13.1. The van der Waals surface area contributed by atoms with Crippen LogP contribution >= 0.6 is 15.9 Å². The topological polar surface area (TPSA) is 57.4 Å². The summed E-state index contributed by atoms with van der Waals surface area (Å²) in [7, 11) is 1.47. The lowest BCUT2D eigenvalue weighted by atomic mass is 10.3. The molecule has 0 aliphatic carbocycles. The summed E-state index contributed by atoms with van der Waals surface area (Å²) in [5.74, 6) is 0.709. The Labute approximate surface area is 112 Å². The van der Waals surface area contributed by atoms with E-state index in [1.807, 2.05) is 0 Å². The maximum absolute atomic E-state index is 13.1. The Morgan fingerprint density at radius 2 is 2.06 bits per heavy atom. The molecule has 0 fully saturated rings. The molecule has 2 rings (SSSR count). The number of pyridine rings is 1. The molecule has 0 aliphatic rings. The van der Waals surface area contributed by atoms with Gasteiger partial charge in [0.1, 0.15) is 11.6 Å². The molecule has 2 aromatic rings. The minimum atomic E-state index is -0.356. The van der Waals surface area contributed by atoms with Crippen LogP contribution in [0.3, 0.4) is 0 Å². The number of nitrogen functional groups attached to an aromatic ring is 1. The third kappa shape index (κ3) is 2.70. The number of anilines is 1. The van der Waals surface area contributed by atoms with Gasteiger partial charge in [0.2, 0.25) is 11.8 Å². The van der Waals surface area contributed by atoms with E-state index in [1.165, 1.54) is 25.3 Å². The van der Waals surface area contributed by atoms with Gasteiger partial charge in [-0.25, -0.2) is 4.39 Å². The largest absolute Gasteiger partial charge is 0.479 e. The number of benzene rings is 1. The SMILES string of the molecule is COc1nc(Oc2ccc(F)c(Br)c2)ccc1N. The highest BCUT2D eigenvalue weighted by molar-refractivity contribution is 9.10. The highest BCUT2D eigenvalue weighted by Gasteiger charge is 2.06. The first-order valence-corrected chi connectivity index (χ1v) is 5.83. The van der Waals surface area contributed by atoms with Crippen LogP contribution in [0.15, 0.2) is 34.8 Å². The van der Waals surface area contributed by atoms with Crippen LogP contribution in [-0.2, 0) is 0 Å². The summed E-state index contributed by atoms with van der Waals surface area (Å²) in [6.45, 7) is 0. The van der Waals surface area contributed by atoms with Crippen molar-refractivity contribution in [3.8, 4) is 17.5 Å². The molecule has 0 saturated heterocycles. The van der Waals surface area contributed by atoms with E-state index >= 15 is 0 Å². The predicted octanol–water partition coefficient (Wildman–Crippen LogP) is 3.37. The first-order chi connectivity index (χ1) is 8.60. The van der Waals surface area contributed by atoms with Crippen LogP contribution in [0.25, 0.3) is 0 Å². The molecule has 0 amide bonds. The lowest BCUT2D eigenvalue weighted by Gasteiger charge is -2.08. The molecule has 1 aromatic heterocycles. The fraction of sp³-hybridized carbons (Fsp3) is 0.0833. The van der Waals surface area contributed by atoms with Gasteiger partial charge in [-0.2, -0.15) is 4.98 Å². The van der Waals surface area contributed by atoms with E-state index in [-0.39, 0.29) is 11.7 Å². The average Bonchev–Trinajstić information content (AvgIpc) is 2.36. The van der Waals surface area contributed by atoms with E-state index in [2.05, 4.69) is 20.9 Å². The van der Waals surface area contributed by atoms with Gasteiger partial charge in [0.15, 0.2) is 0 Å². The summed E-state index contributed by atoms with van der Waals surface area (Å²) < 4.78 is 23.8. The number of nitrogens with two attached hydrogens (primary N) is 1. The summed E-state index contributed by atoms with van der Waals surface area (Å²) in [4.78, 5) is 4.06. The quantitative estimate of drug-likeness (QED) is 0.944. The zero-order valence-corrected chi connectivity index (χ0v) is 11.1. The molecule has 0 spiro atoms. The molecular formula is C12H10BrFN2O2. The van der Waals surface area contributed by atoms with Crippen LogP contribution in [0.5, 0.6) is 17.5 Å². The molecule has 0 radical (unpaired) electrons. The summed E-state index contributed by atoms with van der Waals surface area (Å²) in [6.07, 6.45) is 0. The predicted molar refractivity (Wildman–Crippen MR) is 69.4 cm³/mol. The van der Waals surface area contributed by atoms with E-state index < -0.39 is 0 Å². The summed E-state index contributed by atoms with van der Waals surface area (Å²) in [5.41, 5.74) is 6.06.